The molecule has 2 nitrogen and oxygen atoms in total. The van der Waals surface area contributed by atoms with Crippen molar-refractivity contribution in [1.29, 1.82) is 0 Å². The van der Waals surface area contributed by atoms with Crippen LogP contribution in [-0.4, -0.2) is 15.2 Å². The Hall–Kier alpha value is -0.670. The fourth-order valence-electron chi connectivity index (χ4n) is 2.74. The number of hydrogen-bond donors (Lipinski definition) is 1. The van der Waals surface area contributed by atoms with E-state index in [1.807, 2.05) is 0 Å². The molecule has 3 heteroatoms. The van der Waals surface area contributed by atoms with Crippen LogP contribution in [0.2, 0.25) is 0 Å². The van der Waals surface area contributed by atoms with Gasteiger partial charge in [0.1, 0.15) is 0 Å². The minimum atomic E-state index is -0.769. The standard InChI is InChI=1S/C16H25NOS/c1-2-13-8-10-14(11-9-13)16(17)12-19(18)15-6-4-3-5-7-15/h8-11,15-16H,2-7,12,17H2,1H3. The molecule has 1 aliphatic rings. The summed E-state index contributed by atoms with van der Waals surface area (Å²) in [7, 11) is -0.769. The van der Waals surface area contributed by atoms with E-state index in [1.165, 1.54) is 24.8 Å². The number of benzene rings is 1. The molecule has 19 heavy (non-hydrogen) atoms. The van der Waals surface area contributed by atoms with E-state index in [0.29, 0.717) is 11.0 Å². The Morgan fingerprint density at radius 1 is 1.21 bits per heavy atom. The molecule has 1 saturated carbocycles. The van der Waals surface area contributed by atoms with Crippen molar-refractivity contribution in [3.8, 4) is 0 Å². The van der Waals surface area contributed by atoms with Gasteiger partial charge in [0.25, 0.3) is 0 Å². The molecule has 1 aliphatic carbocycles. The maximum absolute atomic E-state index is 12.3. The Balaban J connectivity index is 1.91. The zero-order valence-corrected chi connectivity index (χ0v) is 12.6. The summed E-state index contributed by atoms with van der Waals surface area (Å²) in [5.74, 6) is 0.607. The molecule has 0 aliphatic heterocycles. The van der Waals surface area contributed by atoms with Gasteiger partial charge >= 0.3 is 0 Å². The molecule has 0 bridgehead atoms. The van der Waals surface area contributed by atoms with Crippen LogP contribution in [0.4, 0.5) is 0 Å². The number of rotatable bonds is 5. The van der Waals surface area contributed by atoms with Crippen molar-refractivity contribution < 1.29 is 4.21 Å². The molecular formula is C16H25NOS. The fourth-order valence-corrected chi connectivity index (χ4v) is 4.42. The lowest BCUT2D eigenvalue weighted by Crippen LogP contribution is -2.26. The highest BCUT2D eigenvalue weighted by Gasteiger charge is 2.21. The molecule has 0 heterocycles. The van der Waals surface area contributed by atoms with Gasteiger partial charge in [-0.2, -0.15) is 0 Å². The van der Waals surface area contributed by atoms with Crippen molar-refractivity contribution in [3.63, 3.8) is 0 Å². The lowest BCUT2D eigenvalue weighted by Gasteiger charge is -2.22. The highest BCUT2D eigenvalue weighted by molar-refractivity contribution is 7.85. The molecular weight excluding hydrogens is 254 g/mol. The van der Waals surface area contributed by atoms with Gasteiger partial charge in [-0.3, -0.25) is 4.21 Å². The highest BCUT2D eigenvalue weighted by Crippen LogP contribution is 2.24. The van der Waals surface area contributed by atoms with E-state index in [2.05, 4.69) is 31.2 Å². The molecule has 1 fully saturated rings. The molecule has 2 atom stereocenters. The number of nitrogens with two attached hydrogens (primary N) is 1. The highest BCUT2D eigenvalue weighted by atomic mass is 32.2. The third-order valence-corrected chi connectivity index (χ3v) is 5.99. The van der Waals surface area contributed by atoms with Gasteiger partial charge in [-0.1, -0.05) is 50.5 Å². The summed E-state index contributed by atoms with van der Waals surface area (Å²) in [6, 6.07) is 8.33. The quantitative estimate of drug-likeness (QED) is 0.898. The molecule has 0 radical (unpaired) electrons. The first-order chi connectivity index (χ1) is 9.20. The first-order valence-electron chi connectivity index (χ1n) is 7.42. The zero-order chi connectivity index (χ0) is 13.7. The van der Waals surface area contributed by atoms with Crippen LogP contribution in [-0.2, 0) is 17.2 Å². The Morgan fingerprint density at radius 2 is 1.84 bits per heavy atom. The minimum Gasteiger partial charge on any atom is -0.323 e. The van der Waals surface area contributed by atoms with Crippen molar-refractivity contribution in [2.75, 3.05) is 5.75 Å². The van der Waals surface area contributed by atoms with Crippen LogP contribution in [0.25, 0.3) is 0 Å². The van der Waals surface area contributed by atoms with Crippen LogP contribution in [0, 0.1) is 0 Å². The van der Waals surface area contributed by atoms with Gasteiger partial charge in [0.05, 0.1) is 0 Å². The molecule has 1 aromatic carbocycles. The number of hydrogen-bond acceptors (Lipinski definition) is 2. The molecule has 0 spiro atoms. The first kappa shape index (κ1) is 14.7. The van der Waals surface area contributed by atoms with E-state index in [-0.39, 0.29) is 6.04 Å². The lowest BCUT2D eigenvalue weighted by atomic mass is 10.0. The SMILES string of the molecule is CCc1ccc(C(N)CS(=O)C2CCCCC2)cc1. The van der Waals surface area contributed by atoms with Crippen molar-refractivity contribution in [2.45, 2.75) is 56.7 Å². The summed E-state index contributed by atoms with van der Waals surface area (Å²) < 4.78 is 12.3. The molecule has 106 valence electrons. The molecule has 0 amide bonds. The average molecular weight is 279 g/mol. The molecule has 2 rings (SSSR count). The van der Waals surface area contributed by atoms with E-state index in [9.17, 15) is 4.21 Å². The third-order valence-electron chi connectivity index (χ3n) is 4.08. The predicted molar refractivity (Wildman–Crippen MR) is 82.6 cm³/mol. The molecule has 2 unspecified atom stereocenters. The summed E-state index contributed by atoms with van der Waals surface area (Å²) in [5.41, 5.74) is 8.64. The molecule has 0 aromatic heterocycles. The van der Waals surface area contributed by atoms with Gasteiger partial charge in [-0.15, -0.1) is 0 Å². The van der Waals surface area contributed by atoms with Crippen LogP contribution in [0.3, 0.4) is 0 Å². The van der Waals surface area contributed by atoms with Gasteiger partial charge < -0.3 is 5.73 Å². The van der Waals surface area contributed by atoms with Crippen molar-refractivity contribution >= 4 is 10.8 Å². The van der Waals surface area contributed by atoms with E-state index < -0.39 is 10.8 Å². The summed E-state index contributed by atoms with van der Waals surface area (Å²) in [6.45, 7) is 2.15. The summed E-state index contributed by atoms with van der Waals surface area (Å²) in [4.78, 5) is 0. The van der Waals surface area contributed by atoms with E-state index in [0.717, 1.165) is 24.8 Å². The average Bonchev–Trinajstić information content (AvgIpc) is 2.48. The van der Waals surface area contributed by atoms with Crippen molar-refractivity contribution in [2.24, 2.45) is 5.73 Å². The van der Waals surface area contributed by atoms with Crippen molar-refractivity contribution in [1.82, 2.24) is 0 Å². The lowest BCUT2D eigenvalue weighted by molar-refractivity contribution is 0.503. The van der Waals surface area contributed by atoms with E-state index in [4.69, 9.17) is 5.73 Å². The summed E-state index contributed by atoms with van der Waals surface area (Å²) in [6.07, 6.45) is 7.05. The molecule has 0 saturated heterocycles. The van der Waals surface area contributed by atoms with Gasteiger partial charge in [0.2, 0.25) is 0 Å². The van der Waals surface area contributed by atoms with Crippen LogP contribution < -0.4 is 5.73 Å². The maximum Gasteiger partial charge on any atom is 0.0431 e. The summed E-state index contributed by atoms with van der Waals surface area (Å²) >= 11 is 0. The Bertz CT molecular complexity index is 409. The third kappa shape index (κ3) is 4.15. The van der Waals surface area contributed by atoms with Gasteiger partial charge in [0.15, 0.2) is 0 Å². The molecule has 1 aromatic rings. The Labute approximate surface area is 119 Å². The normalized spacial score (nSPS) is 20.1. The minimum absolute atomic E-state index is 0.0892. The number of aryl methyl sites for hydroxylation is 1. The van der Waals surface area contributed by atoms with Gasteiger partial charge in [0, 0.05) is 27.8 Å². The zero-order valence-electron chi connectivity index (χ0n) is 11.8. The van der Waals surface area contributed by atoms with Crippen LogP contribution >= 0.6 is 0 Å². The first-order valence-corrected chi connectivity index (χ1v) is 8.80. The fraction of sp³-hybridized carbons (Fsp3) is 0.625. The maximum atomic E-state index is 12.3. The largest absolute Gasteiger partial charge is 0.323 e. The molecule has 2 N–H and O–H groups in total. The van der Waals surface area contributed by atoms with Crippen LogP contribution in [0.1, 0.15) is 56.2 Å². The van der Waals surface area contributed by atoms with Crippen molar-refractivity contribution in [3.05, 3.63) is 35.4 Å². The van der Waals surface area contributed by atoms with Gasteiger partial charge in [-0.25, -0.2) is 0 Å². The van der Waals surface area contributed by atoms with Crippen LogP contribution in [0.15, 0.2) is 24.3 Å². The second-order valence-corrected chi connectivity index (χ2v) is 7.27. The summed E-state index contributed by atoms with van der Waals surface area (Å²) in [5, 5.41) is 0.384. The van der Waals surface area contributed by atoms with Crippen LogP contribution in [0.5, 0.6) is 0 Å². The van der Waals surface area contributed by atoms with E-state index >= 15 is 0 Å². The predicted octanol–water partition coefficient (Wildman–Crippen LogP) is 3.33. The Kier molecular flexibility index (Phi) is 5.59. The smallest absolute Gasteiger partial charge is 0.0431 e. The monoisotopic (exact) mass is 279 g/mol. The Morgan fingerprint density at radius 3 is 2.42 bits per heavy atom. The second kappa shape index (κ2) is 7.20. The second-order valence-electron chi connectivity index (χ2n) is 5.51. The van der Waals surface area contributed by atoms with Gasteiger partial charge in [-0.05, 0) is 30.4 Å². The van der Waals surface area contributed by atoms with E-state index in [1.54, 1.807) is 0 Å². The topological polar surface area (TPSA) is 43.1 Å².